The second kappa shape index (κ2) is 3.86. The van der Waals surface area contributed by atoms with Gasteiger partial charge in [0.15, 0.2) is 6.10 Å². The lowest BCUT2D eigenvalue weighted by molar-refractivity contribution is 0.119. The highest BCUT2D eigenvalue weighted by molar-refractivity contribution is 5.70. The zero-order chi connectivity index (χ0) is 10.8. The number of aliphatic hydroxyl groups is 1. The van der Waals surface area contributed by atoms with Crippen molar-refractivity contribution in [2.24, 2.45) is 0 Å². The molecule has 2 rings (SSSR count). The van der Waals surface area contributed by atoms with E-state index in [-0.39, 0.29) is 12.4 Å². The number of rotatable bonds is 2. The van der Waals surface area contributed by atoms with Gasteiger partial charge in [0.25, 0.3) is 0 Å². The van der Waals surface area contributed by atoms with Crippen LogP contribution >= 0.6 is 0 Å². The Hall–Kier alpha value is -1.62. The van der Waals surface area contributed by atoms with Crippen LogP contribution in [0.3, 0.4) is 0 Å². The molecule has 0 radical (unpaired) electrons. The number of hydrogen-bond donors (Lipinski definition) is 2. The molecule has 1 heterocycles. The van der Waals surface area contributed by atoms with Crippen LogP contribution in [0.4, 0.5) is 9.18 Å². The second-order valence-corrected chi connectivity index (χ2v) is 3.31. The van der Waals surface area contributed by atoms with Gasteiger partial charge in [0, 0.05) is 0 Å². The third kappa shape index (κ3) is 1.92. The normalized spacial score (nSPS) is 24.8. The average Bonchev–Trinajstić information content (AvgIpc) is 2.61. The molecule has 5 heteroatoms. The summed E-state index contributed by atoms with van der Waals surface area (Å²) >= 11 is 0. The minimum Gasteiger partial charge on any atom is -0.439 e. The Labute approximate surface area is 85.7 Å². The number of hydrogen-bond acceptors (Lipinski definition) is 3. The molecule has 2 unspecified atom stereocenters. The van der Waals surface area contributed by atoms with E-state index in [4.69, 9.17) is 9.84 Å². The van der Waals surface area contributed by atoms with Crippen LogP contribution in [0.5, 0.6) is 0 Å². The van der Waals surface area contributed by atoms with Crippen molar-refractivity contribution < 1.29 is 19.0 Å². The maximum atomic E-state index is 12.7. The van der Waals surface area contributed by atoms with E-state index in [1.807, 2.05) is 0 Å². The molecule has 15 heavy (non-hydrogen) atoms. The largest absolute Gasteiger partial charge is 0.439 e. The van der Waals surface area contributed by atoms with Crippen molar-refractivity contribution >= 4 is 6.09 Å². The first kappa shape index (κ1) is 9.92. The molecule has 0 spiro atoms. The van der Waals surface area contributed by atoms with E-state index in [0.717, 1.165) is 0 Å². The number of carbonyl (C=O) groups excluding carboxylic acids is 1. The molecule has 2 atom stereocenters. The van der Waals surface area contributed by atoms with Crippen molar-refractivity contribution in [3.8, 4) is 0 Å². The minimum atomic E-state index is -0.566. The zero-order valence-corrected chi connectivity index (χ0v) is 7.81. The van der Waals surface area contributed by atoms with Crippen LogP contribution in [0.2, 0.25) is 0 Å². The van der Waals surface area contributed by atoms with Crippen molar-refractivity contribution in [3.05, 3.63) is 35.6 Å². The van der Waals surface area contributed by atoms with E-state index in [1.165, 1.54) is 24.3 Å². The molecule has 0 aromatic heterocycles. The molecule has 0 saturated carbocycles. The van der Waals surface area contributed by atoms with E-state index < -0.39 is 18.2 Å². The summed E-state index contributed by atoms with van der Waals surface area (Å²) < 4.78 is 17.6. The van der Waals surface area contributed by atoms with Crippen LogP contribution in [0.15, 0.2) is 24.3 Å². The monoisotopic (exact) mass is 211 g/mol. The molecule has 0 aliphatic carbocycles. The van der Waals surface area contributed by atoms with Crippen LogP contribution in [-0.4, -0.2) is 23.8 Å². The Kier molecular flexibility index (Phi) is 2.55. The summed E-state index contributed by atoms with van der Waals surface area (Å²) in [5.41, 5.74) is 0.661. The predicted octanol–water partition coefficient (Wildman–Crippen LogP) is 0.967. The van der Waals surface area contributed by atoms with Gasteiger partial charge in [-0.05, 0) is 17.7 Å². The first-order valence-corrected chi connectivity index (χ1v) is 4.54. The molecule has 1 amide bonds. The fourth-order valence-electron chi connectivity index (χ4n) is 1.55. The molecule has 4 nitrogen and oxygen atoms in total. The fourth-order valence-corrected chi connectivity index (χ4v) is 1.55. The van der Waals surface area contributed by atoms with E-state index in [0.29, 0.717) is 5.56 Å². The molecule has 2 N–H and O–H groups in total. The van der Waals surface area contributed by atoms with Gasteiger partial charge in [-0.25, -0.2) is 9.18 Å². The van der Waals surface area contributed by atoms with Crippen LogP contribution in [-0.2, 0) is 4.74 Å². The van der Waals surface area contributed by atoms with Gasteiger partial charge in [-0.2, -0.15) is 0 Å². The van der Waals surface area contributed by atoms with Gasteiger partial charge in [-0.15, -0.1) is 0 Å². The SMILES string of the molecule is O=C1NC(CO)C(c2ccc(F)cc2)O1. The van der Waals surface area contributed by atoms with Gasteiger partial charge in [0.2, 0.25) is 0 Å². The molecule has 1 aliphatic heterocycles. The van der Waals surface area contributed by atoms with Crippen molar-refractivity contribution in [1.82, 2.24) is 5.32 Å². The third-order valence-corrected chi connectivity index (χ3v) is 2.30. The highest BCUT2D eigenvalue weighted by Crippen LogP contribution is 2.26. The maximum Gasteiger partial charge on any atom is 0.408 e. The van der Waals surface area contributed by atoms with Gasteiger partial charge < -0.3 is 15.2 Å². The summed E-state index contributed by atoms with van der Waals surface area (Å²) in [6.07, 6.45) is -1.12. The maximum absolute atomic E-state index is 12.7. The third-order valence-electron chi connectivity index (χ3n) is 2.30. The molecule has 1 aromatic rings. The summed E-state index contributed by atoms with van der Waals surface area (Å²) in [7, 11) is 0. The van der Waals surface area contributed by atoms with Crippen molar-refractivity contribution in [2.75, 3.05) is 6.61 Å². The number of aliphatic hydroxyl groups excluding tert-OH is 1. The number of nitrogens with one attached hydrogen (secondary N) is 1. The molecule has 80 valence electrons. The Balaban J connectivity index is 2.22. The lowest BCUT2D eigenvalue weighted by Crippen LogP contribution is -2.31. The number of alkyl carbamates (subject to hydrolysis) is 1. The molecule has 0 bridgehead atoms. The number of benzene rings is 1. The molecule has 1 saturated heterocycles. The smallest absolute Gasteiger partial charge is 0.408 e. The molecule has 1 aromatic carbocycles. The van der Waals surface area contributed by atoms with Crippen LogP contribution < -0.4 is 5.32 Å². The summed E-state index contributed by atoms with van der Waals surface area (Å²) in [6, 6.07) is 5.17. The quantitative estimate of drug-likeness (QED) is 0.766. The first-order valence-electron chi connectivity index (χ1n) is 4.54. The number of cyclic esters (lactones) is 1. The predicted molar refractivity (Wildman–Crippen MR) is 49.6 cm³/mol. The Bertz CT molecular complexity index is 365. The van der Waals surface area contributed by atoms with E-state index >= 15 is 0 Å². The lowest BCUT2D eigenvalue weighted by atomic mass is 10.0. The van der Waals surface area contributed by atoms with Gasteiger partial charge in [0.1, 0.15) is 5.82 Å². The minimum absolute atomic E-state index is 0.215. The van der Waals surface area contributed by atoms with Crippen LogP contribution in [0, 0.1) is 5.82 Å². The van der Waals surface area contributed by atoms with Crippen molar-refractivity contribution in [2.45, 2.75) is 12.1 Å². The number of amides is 1. The molecule has 1 aliphatic rings. The number of ether oxygens (including phenoxy) is 1. The average molecular weight is 211 g/mol. The highest BCUT2D eigenvalue weighted by atomic mass is 19.1. The molecular weight excluding hydrogens is 201 g/mol. The number of halogens is 1. The first-order chi connectivity index (χ1) is 7.20. The summed E-state index contributed by atoms with van der Waals surface area (Å²) in [5, 5.41) is 11.5. The van der Waals surface area contributed by atoms with E-state index in [9.17, 15) is 9.18 Å². The summed E-state index contributed by atoms with van der Waals surface area (Å²) in [4.78, 5) is 10.9. The molecule has 1 fully saturated rings. The van der Waals surface area contributed by atoms with Gasteiger partial charge in [0.05, 0.1) is 12.6 Å². The number of carbonyl (C=O) groups is 1. The zero-order valence-electron chi connectivity index (χ0n) is 7.81. The van der Waals surface area contributed by atoms with Crippen molar-refractivity contribution in [3.63, 3.8) is 0 Å². The van der Waals surface area contributed by atoms with Crippen molar-refractivity contribution in [1.29, 1.82) is 0 Å². The summed E-state index contributed by atoms with van der Waals surface area (Å²) in [5.74, 6) is -0.350. The fraction of sp³-hybridized carbons (Fsp3) is 0.300. The standard InChI is InChI=1S/C10H10FNO3/c11-7-3-1-6(2-4-7)9-8(5-13)12-10(14)15-9/h1-4,8-9,13H,5H2,(H,12,14). The van der Waals surface area contributed by atoms with Gasteiger partial charge in [-0.1, -0.05) is 12.1 Å². The van der Waals surface area contributed by atoms with Crippen LogP contribution in [0.1, 0.15) is 11.7 Å². The van der Waals surface area contributed by atoms with E-state index in [2.05, 4.69) is 5.32 Å². The van der Waals surface area contributed by atoms with E-state index in [1.54, 1.807) is 0 Å². The Morgan fingerprint density at radius 2 is 2.07 bits per heavy atom. The lowest BCUT2D eigenvalue weighted by Gasteiger charge is -2.14. The van der Waals surface area contributed by atoms with Gasteiger partial charge >= 0.3 is 6.09 Å². The topological polar surface area (TPSA) is 58.6 Å². The molecular formula is C10H10FNO3. The Morgan fingerprint density at radius 1 is 1.40 bits per heavy atom. The van der Waals surface area contributed by atoms with Crippen LogP contribution in [0.25, 0.3) is 0 Å². The Morgan fingerprint density at radius 3 is 2.67 bits per heavy atom. The summed E-state index contributed by atoms with van der Waals surface area (Å²) in [6.45, 7) is -0.215. The van der Waals surface area contributed by atoms with Gasteiger partial charge in [-0.3, -0.25) is 0 Å². The highest BCUT2D eigenvalue weighted by Gasteiger charge is 2.34. The second-order valence-electron chi connectivity index (χ2n) is 3.31.